The number of rotatable bonds is 8. The number of thiol groups is 1. The standard InChI is InChI=1S/C18H21F2N12O8PS.HOPS/c19-6-4(1-33)38-17(32-14-9(28-30-32)15(35)26-18(22)25-14)11(6)40-41(36,42)37-2-5-10(34)7(20)16(39-5)31-13-8(27-29-31)12(21)23-3-24-13;1-2-3/h3-7,10-11,16-17,33-34H,1-2H2,(H,36,42)(H2,21,23,24)(H3,22,25,26,35);(H,1,3)/t4-,5-,6-,7+,10-,11-,16-,17-,41?;/m1./s1. The molecule has 4 aromatic rings. The van der Waals surface area contributed by atoms with Crippen LogP contribution in [0.5, 0.6) is 0 Å². The monoisotopic (exact) mass is 714 g/mol. The number of nitrogens with two attached hydrogens (primary N) is 2. The van der Waals surface area contributed by atoms with Crippen LogP contribution in [0.4, 0.5) is 20.5 Å². The number of aromatic amines is 1. The molecule has 4 aromatic heterocycles. The normalized spacial score (nSPS) is 29.6. The van der Waals surface area contributed by atoms with Crippen molar-refractivity contribution >= 4 is 72.5 Å². The van der Waals surface area contributed by atoms with E-state index in [-0.39, 0.29) is 41.8 Å². The molecule has 0 amide bonds. The molecule has 0 spiro atoms. The van der Waals surface area contributed by atoms with E-state index in [1.54, 1.807) is 0 Å². The molecule has 9 atom stereocenters. The van der Waals surface area contributed by atoms with Gasteiger partial charge in [0.25, 0.3) is 5.56 Å². The topological polar surface area (TPSA) is 300 Å². The molecule has 2 saturated heterocycles. The second kappa shape index (κ2) is 13.4. The van der Waals surface area contributed by atoms with E-state index in [0.717, 1.165) is 15.7 Å². The van der Waals surface area contributed by atoms with Crippen LogP contribution in [0.2, 0.25) is 0 Å². The predicted octanol–water partition coefficient (Wildman–Crippen LogP) is -1.52. The van der Waals surface area contributed by atoms with Gasteiger partial charge in [-0.3, -0.25) is 18.9 Å². The molecule has 2 fully saturated rings. The summed E-state index contributed by atoms with van der Waals surface area (Å²) in [5, 5.41) is 35.0. The zero-order valence-corrected chi connectivity index (χ0v) is 25.6. The van der Waals surface area contributed by atoms with Gasteiger partial charge in [-0.05, 0) is 11.8 Å². The Bertz CT molecular complexity index is 1800. The molecule has 0 aliphatic carbocycles. The minimum absolute atomic E-state index is 0.00746. The van der Waals surface area contributed by atoms with E-state index in [4.69, 9.17) is 46.4 Å². The third-order valence-corrected chi connectivity index (χ3v) is 8.08. The van der Waals surface area contributed by atoms with E-state index in [1.807, 2.05) is 0 Å². The van der Waals surface area contributed by atoms with Gasteiger partial charge in [0.1, 0.15) is 30.7 Å². The van der Waals surface area contributed by atoms with Gasteiger partial charge in [-0.15, -0.1) is 10.2 Å². The van der Waals surface area contributed by atoms with E-state index >= 15 is 8.78 Å². The van der Waals surface area contributed by atoms with Crippen molar-refractivity contribution in [1.82, 2.24) is 49.9 Å². The van der Waals surface area contributed by atoms with Gasteiger partial charge in [0.15, 0.2) is 52.9 Å². The summed E-state index contributed by atoms with van der Waals surface area (Å²) in [5.41, 5.74) is 10.2. The number of nitrogens with zero attached hydrogens (tertiary/aromatic N) is 9. The number of ether oxygens (including phenoxy) is 2. The Morgan fingerprint density at radius 3 is 2.44 bits per heavy atom. The zero-order chi connectivity index (χ0) is 32.6. The third-order valence-electron chi connectivity index (χ3n) is 6.52. The third kappa shape index (κ3) is 6.51. The van der Waals surface area contributed by atoms with Crippen LogP contribution in [-0.4, -0.2) is 115 Å². The number of hydrogen-bond acceptors (Lipinski definition) is 18. The molecule has 27 heteroatoms. The fourth-order valence-electron chi connectivity index (χ4n) is 4.52. The second-order valence-electron chi connectivity index (χ2n) is 9.23. The Labute approximate surface area is 259 Å². The van der Waals surface area contributed by atoms with Gasteiger partial charge >= 0.3 is 6.72 Å². The van der Waals surface area contributed by atoms with Gasteiger partial charge in [0.05, 0.1) is 13.2 Å². The molecule has 21 nitrogen and oxygen atoms in total. The minimum Gasteiger partial charge on any atom is -0.394 e. The Morgan fingerprint density at radius 2 is 1.76 bits per heavy atom. The van der Waals surface area contributed by atoms with E-state index in [2.05, 4.69) is 52.8 Å². The van der Waals surface area contributed by atoms with Gasteiger partial charge in [0, 0.05) is 0 Å². The average Bonchev–Trinajstić information content (AvgIpc) is 3.74. The molecule has 6 rings (SSSR count). The van der Waals surface area contributed by atoms with Crippen molar-refractivity contribution in [3.8, 4) is 0 Å². The number of aromatic nitrogens is 10. The van der Waals surface area contributed by atoms with Crippen LogP contribution in [0.3, 0.4) is 0 Å². The number of nitrogen functional groups attached to an aromatic ring is 2. The summed E-state index contributed by atoms with van der Waals surface area (Å²) in [4.78, 5) is 36.8. The molecular weight excluding hydrogens is 692 g/mol. The molecule has 6 heterocycles. The van der Waals surface area contributed by atoms with E-state index in [9.17, 15) is 19.9 Å². The van der Waals surface area contributed by atoms with Crippen molar-refractivity contribution in [2.45, 2.75) is 49.2 Å². The van der Waals surface area contributed by atoms with Crippen molar-refractivity contribution in [2.75, 3.05) is 24.7 Å². The molecule has 0 saturated carbocycles. The lowest BCUT2D eigenvalue weighted by atomic mass is 10.1. The smallest absolute Gasteiger partial charge is 0.325 e. The van der Waals surface area contributed by atoms with Crippen LogP contribution in [0, 0.1) is 0 Å². The fraction of sp³-hybridized carbons (Fsp3) is 0.556. The van der Waals surface area contributed by atoms with Crippen molar-refractivity contribution in [1.29, 1.82) is 0 Å². The number of aliphatic hydroxyl groups excluding tert-OH is 2. The molecular formula is C18H22F2N12O9P2S2. The maximum absolute atomic E-state index is 15.3. The molecule has 0 bridgehead atoms. The average molecular weight is 715 g/mol. The summed E-state index contributed by atoms with van der Waals surface area (Å²) < 4.78 is 62.7. The highest BCUT2D eigenvalue weighted by Gasteiger charge is 2.51. The molecule has 45 heavy (non-hydrogen) atoms. The fourth-order valence-corrected chi connectivity index (χ4v) is 5.93. The van der Waals surface area contributed by atoms with Gasteiger partial charge in [0.2, 0.25) is 13.6 Å². The minimum atomic E-state index is -4.39. The van der Waals surface area contributed by atoms with E-state index < -0.39 is 74.7 Å². The maximum atomic E-state index is 15.3. The first-order valence-electron chi connectivity index (χ1n) is 12.3. The molecule has 2 aliphatic heterocycles. The lowest BCUT2D eigenvalue weighted by Gasteiger charge is -2.25. The lowest BCUT2D eigenvalue weighted by Crippen LogP contribution is -2.33. The first-order chi connectivity index (χ1) is 21.4. The largest absolute Gasteiger partial charge is 0.394 e. The Morgan fingerprint density at radius 1 is 1.11 bits per heavy atom. The van der Waals surface area contributed by atoms with Crippen LogP contribution in [0.15, 0.2) is 11.1 Å². The number of anilines is 2. The van der Waals surface area contributed by atoms with Crippen LogP contribution in [0.25, 0.3) is 22.3 Å². The maximum Gasteiger partial charge on any atom is 0.325 e. The molecule has 0 radical (unpaired) electrons. The number of aliphatic hydroxyl groups is 2. The number of nitrogens with one attached hydrogen (secondary N) is 1. The Hall–Kier alpha value is -2.96. The molecule has 0 aromatic carbocycles. The molecule has 244 valence electrons. The molecule has 1 unspecified atom stereocenters. The lowest BCUT2D eigenvalue weighted by molar-refractivity contribution is -0.0611. The number of H-pyrrole nitrogens is 1. The Balaban J connectivity index is 0.00000128. The van der Waals surface area contributed by atoms with Gasteiger partial charge in [-0.1, -0.05) is 22.7 Å². The van der Waals surface area contributed by atoms with Crippen molar-refractivity contribution in [2.24, 2.45) is 0 Å². The zero-order valence-electron chi connectivity index (χ0n) is 22.1. The van der Waals surface area contributed by atoms with E-state index in [1.165, 1.54) is 0 Å². The predicted molar refractivity (Wildman–Crippen MR) is 153 cm³/mol. The number of halogens is 2. The summed E-state index contributed by atoms with van der Waals surface area (Å²) in [6, 6.07) is 0. The van der Waals surface area contributed by atoms with Gasteiger partial charge in [-0.2, -0.15) is 14.3 Å². The van der Waals surface area contributed by atoms with Crippen molar-refractivity contribution < 1.29 is 47.0 Å². The Kier molecular flexibility index (Phi) is 9.96. The van der Waals surface area contributed by atoms with Crippen LogP contribution in [0.1, 0.15) is 12.5 Å². The summed E-state index contributed by atoms with van der Waals surface area (Å²) >= 11 is 8.23. The second-order valence-corrected chi connectivity index (χ2v) is 12.7. The van der Waals surface area contributed by atoms with Gasteiger partial charge in [-0.25, -0.2) is 18.7 Å². The summed E-state index contributed by atoms with van der Waals surface area (Å²) in [6.07, 6.45) is -12.5. The van der Waals surface area contributed by atoms with Gasteiger partial charge < -0.3 is 40.6 Å². The first kappa shape index (κ1) is 33.4. The van der Waals surface area contributed by atoms with Crippen molar-refractivity contribution in [3.05, 3.63) is 16.7 Å². The molecule has 8 N–H and O–H groups in total. The van der Waals surface area contributed by atoms with Crippen LogP contribution in [-0.2, 0) is 34.9 Å². The highest BCUT2D eigenvalue weighted by Crippen LogP contribution is 2.50. The van der Waals surface area contributed by atoms with E-state index in [0.29, 0.717) is 0 Å². The number of fused-ring (bicyclic) bond motifs is 2. The molecule has 2 aliphatic rings. The van der Waals surface area contributed by atoms with Crippen LogP contribution < -0.4 is 17.0 Å². The summed E-state index contributed by atoms with van der Waals surface area (Å²) in [7, 11) is -0.139. The number of alkyl halides is 2. The van der Waals surface area contributed by atoms with Crippen LogP contribution >= 0.6 is 26.6 Å². The SMILES string of the molecule is Nc1nc2c(nnn2[C@@H]2O[C@H](CO)[C@@H](F)[C@H]2OP(O)(=S)OC[C@H]2O[C@@H](n3nnc4c(N)ncnc43)[C@@H](F)[C@@H]2O)c(=O)[nH]1.O=PS. The quantitative estimate of drug-likeness (QED) is 0.0805. The number of hydrogen-bond donors (Lipinski definition) is 7. The highest BCUT2D eigenvalue weighted by atomic mass is 32.7. The summed E-state index contributed by atoms with van der Waals surface area (Å²) in [6.45, 7) is -5.89. The van der Waals surface area contributed by atoms with Crippen molar-refractivity contribution in [3.63, 3.8) is 0 Å². The highest BCUT2D eigenvalue weighted by molar-refractivity contribution is 8.33. The summed E-state index contributed by atoms with van der Waals surface area (Å²) in [5.74, 6) is -0.307. The first-order valence-corrected chi connectivity index (χ1v) is 16.9.